The van der Waals surface area contributed by atoms with Gasteiger partial charge < -0.3 is 15.5 Å². The number of aryl methyl sites for hydroxylation is 3. The second kappa shape index (κ2) is 5.92. The smallest absolute Gasteiger partial charge is 0.303 e. The van der Waals surface area contributed by atoms with E-state index in [1.165, 1.54) is 11.3 Å². The van der Waals surface area contributed by atoms with E-state index in [4.69, 9.17) is 5.11 Å². The molecule has 2 aromatic rings. The van der Waals surface area contributed by atoms with Crippen molar-refractivity contribution in [2.24, 2.45) is 0 Å². The Morgan fingerprint density at radius 3 is 2.80 bits per heavy atom. The van der Waals surface area contributed by atoms with Crippen molar-refractivity contribution in [1.82, 2.24) is 4.98 Å². The molecule has 6 heteroatoms. The monoisotopic (exact) mass is 292 g/mol. The minimum absolute atomic E-state index is 0.0955. The molecule has 0 radical (unpaired) electrons. The van der Waals surface area contributed by atoms with Crippen molar-refractivity contribution >= 4 is 28.1 Å². The standard InChI is InChI=1S/C14H16N2O3S/c1-8-3-4-10(11(17)7-8)16-14-15-9(2)12(20-14)5-6-13(18)19/h3-4,7,17H,5-6H2,1-2H3,(H,15,16)(H,18,19). The molecule has 0 amide bonds. The molecule has 0 fully saturated rings. The average molecular weight is 292 g/mol. The van der Waals surface area contributed by atoms with E-state index in [1.54, 1.807) is 12.1 Å². The number of phenolic OH excluding ortho intramolecular Hbond substituents is 1. The van der Waals surface area contributed by atoms with Crippen molar-refractivity contribution in [1.29, 1.82) is 0 Å². The number of aliphatic carboxylic acids is 1. The molecule has 1 aromatic carbocycles. The molecule has 0 saturated carbocycles. The van der Waals surface area contributed by atoms with E-state index in [0.29, 0.717) is 17.2 Å². The summed E-state index contributed by atoms with van der Waals surface area (Å²) < 4.78 is 0. The molecule has 0 aliphatic rings. The summed E-state index contributed by atoms with van der Waals surface area (Å²) in [6.07, 6.45) is 0.568. The first-order chi connectivity index (χ1) is 9.45. The molecule has 1 aromatic heterocycles. The van der Waals surface area contributed by atoms with Crippen LogP contribution in [0.1, 0.15) is 22.6 Å². The van der Waals surface area contributed by atoms with Crippen LogP contribution in [-0.4, -0.2) is 21.2 Å². The van der Waals surface area contributed by atoms with Gasteiger partial charge in [0.05, 0.1) is 17.8 Å². The van der Waals surface area contributed by atoms with Crippen molar-refractivity contribution in [2.45, 2.75) is 26.7 Å². The summed E-state index contributed by atoms with van der Waals surface area (Å²) in [5, 5.41) is 22.3. The first-order valence-electron chi connectivity index (χ1n) is 6.20. The number of aromatic nitrogens is 1. The van der Waals surface area contributed by atoms with Gasteiger partial charge in [0.15, 0.2) is 5.13 Å². The molecule has 1 heterocycles. The number of carboxylic acids is 1. The summed E-state index contributed by atoms with van der Waals surface area (Å²) in [5.41, 5.74) is 2.39. The van der Waals surface area contributed by atoms with E-state index in [9.17, 15) is 9.90 Å². The first-order valence-corrected chi connectivity index (χ1v) is 7.02. The number of nitrogens with zero attached hydrogens (tertiary/aromatic N) is 1. The van der Waals surface area contributed by atoms with Gasteiger partial charge in [0.25, 0.3) is 0 Å². The number of aromatic hydroxyl groups is 1. The summed E-state index contributed by atoms with van der Waals surface area (Å²) in [7, 11) is 0. The second-order valence-electron chi connectivity index (χ2n) is 4.57. The number of thiazole rings is 1. The third-order valence-electron chi connectivity index (χ3n) is 2.85. The number of rotatable bonds is 5. The van der Waals surface area contributed by atoms with Crippen molar-refractivity contribution in [3.05, 3.63) is 34.3 Å². The number of anilines is 2. The molecule has 0 saturated heterocycles. The Bertz CT molecular complexity index is 637. The maximum atomic E-state index is 10.6. The molecule has 106 valence electrons. The second-order valence-corrected chi connectivity index (χ2v) is 5.65. The summed E-state index contributed by atoms with van der Waals surface area (Å²) in [5.74, 6) is -0.645. The Morgan fingerprint density at radius 1 is 1.40 bits per heavy atom. The van der Waals surface area contributed by atoms with Gasteiger partial charge in [-0.25, -0.2) is 4.98 Å². The predicted molar refractivity (Wildman–Crippen MR) is 78.9 cm³/mol. The zero-order valence-corrected chi connectivity index (χ0v) is 12.1. The topological polar surface area (TPSA) is 82.5 Å². The Balaban J connectivity index is 2.13. The van der Waals surface area contributed by atoms with Crippen LogP contribution in [0.5, 0.6) is 5.75 Å². The van der Waals surface area contributed by atoms with Crippen molar-refractivity contribution < 1.29 is 15.0 Å². The van der Waals surface area contributed by atoms with Gasteiger partial charge >= 0.3 is 5.97 Å². The first kappa shape index (κ1) is 14.3. The molecular weight excluding hydrogens is 276 g/mol. The van der Waals surface area contributed by atoms with E-state index < -0.39 is 5.97 Å². The zero-order valence-electron chi connectivity index (χ0n) is 11.3. The third kappa shape index (κ3) is 3.48. The maximum Gasteiger partial charge on any atom is 0.303 e. The van der Waals surface area contributed by atoms with Crippen LogP contribution >= 0.6 is 11.3 Å². The number of nitrogens with one attached hydrogen (secondary N) is 1. The van der Waals surface area contributed by atoms with Gasteiger partial charge in [-0.05, 0) is 38.0 Å². The van der Waals surface area contributed by atoms with E-state index >= 15 is 0 Å². The van der Waals surface area contributed by atoms with Crippen LogP contribution in [0.2, 0.25) is 0 Å². The van der Waals surface area contributed by atoms with Crippen LogP contribution in [0.3, 0.4) is 0 Å². The lowest BCUT2D eigenvalue weighted by atomic mass is 10.2. The van der Waals surface area contributed by atoms with E-state index in [-0.39, 0.29) is 12.2 Å². The van der Waals surface area contributed by atoms with Crippen LogP contribution < -0.4 is 5.32 Å². The highest BCUT2D eigenvalue weighted by atomic mass is 32.1. The fraction of sp³-hybridized carbons (Fsp3) is 0.286. The molecular formula is C14H16N2O3S. The SMILES string of the molecule is Cc1ccc(Nc2nc(C)c(CCC(=O)O)s2)c(O)c1. The van der Waals surface area contributed by atoms with E-state index in [0.717, 1.165) is 16.1 Å². The van der Waals surface area contributed by atoms with Crippen LogP contribution in [0.4, 0.5) is 10.8 Å². The van der Waals surface area contributed by atoms with E-state index in [1.807, 2.05) is 19.9 Å². The quantitative estimate of drug-likeness (QED) is 0.737. The minimum Gasteiger partial charge on any atom is -0.506 e. The lowest BCUT2D eigenvalue weighted by Gasteiger charge is -2.05. The van der Waals surface area contributed by atoms with Gasteiger partial charge in [0.1, 0.15) is 5.75 Å². The van der Waals surface area contributed by atoms with Gasteiger partial charge in [-0.3, -0.25) is 4.79 Å². The minimum atomic E-state index is -0.816. The lowest BCUT2D eigenvalue weighted by Crippen LogP contribution is -1.96. The highest BCUT2D eigenvalue weighted by molar-refractivity contribution is 7.15. The molecule has 5 nitrogen and oxygen atoms in total. The fourth-order valence-corrected chi connectivity index (χ4v) is 2.77. The molecule has 0 atom stereocenters. The summed E-state index contributed by atoms with van der Waals surface area (Å²) >= 11 is 1.41. The van der Waals surface area contributed by atoms with Crippen LogP contribution in [0.25, 0.3) is 0 Å². The molecule has 3 N–H and O–H groups in total. The maximum absolute atomic E-state index is 10.6. The van der Waals surface area contributed by atoms with Crippen LogP contribution in [0.15, 0.2) is 18.2 Å². The fourth-order valence-electron chi connectivity index (χ4n) is 1.80. The molecule has 0 aliphatic carbocycles. The Hall–Kier alpha value is -2.08. The predicted octanol–water partition coefficient (Wildman–Crippen LogP) is 3.23. The summed E-state index contributed by atoms with van der Waals surface area (Å²) in [6, 6.07) is 5.36. The van der Waals surface area contributed by atoms with Crippen molar-refractivity contribution in [3.63, 3.8) is 0 Å². The van der Waals surface area contributed by atoms with Gasteiger partial charge in [0, 0.05) is 4.88 Å². The molecule has 2 rings (SSSR count). The highest BCUT2D eigenvalue weighted by Crippen LogP contribution is 2.31. The lowest BCUT2D eigenvalue weighted by molar-refractivity contribution is -0.136. The van der Waals surface area contributed by atoms with Gasteiger partial charge in [0.2, 0.25) is 0 Å². The molecule has 0 spiro atoms. The van der Waals surface area contributed by atoms with Gasteiger partial charge in [-0.15, -0.1) is 11.3 Å². The summed E-state index contributed by atoms with van der Waals surface area (Å²) in [4.78, 5) is 15.9. The Kier molecular flexibility index (Phi) is 4.24. The number of hydrogen-bond donors (Lipinski definition) is 3. The largest absolute Gasteiger partial charge is 0.506 e. The third-order valence-corrected chi connectivity index (χ3v) is 3.99. The average Bonchev–Trinajstić information content (AvgIpc) is 2.71. The molecule has 0 bridgehead atoms. The summed E-state index contributed by atoms with van der Waals surface area (Å²) in [6.45, 7) is 3.76. The number of carbonyl (C=O) groups is 1. The molecule has 0 unspecified atom stereocenters. The normalized spacial score (nSPS) is 10.5. The number of phenols is 1. The highest BCUT2D eigenvalue weighted by Gasteiger charge is 2.10. The number of carboxylic acid groups (broad SMARTS) is 1. The van der Waals surface area contributed by atoms with Crippen LogP contribution in [0, 0.1) is 13.8 Å². The molecule has 0 aliphatic heterocycles. The number of benzene rings is 1. The molecule has 20 heavy (non-hydrogen) atoms. The zero-order chi connectivity index (χ0) is 14.7. The van der Waals surface area contributed by atoms with Crippen molar-refractivity contribution in [3.8, 4) is 5.75 Å². The van der Waals surface area contributed by atoms with Gasteiger partial charge in [-0.2, -0.15) is 0 Å². The Morgan fingerprint density at radius 2 is 2.15 bits per heavy atom. The van der Waals surface area contributed by atoms with Gasteiger partial charge in [-0.1, -0.05) is 6.07 Å². The van der Waals surface area contributed by atoms with Crippen LogP contribution in [-0.2, 0) is 11.2 Å². The van der Waals surface area contributed by atoms with Crippen molar-refractivity contribution in [2.75, 3.05) is 5.32 Å². The van der Waals surface area contributed by atoms with E-state index in [2.05, 4.69) is 10.3 Å². The number of hydrogen-bond acceptors (Lipinski definition) is 5. The Labute approximate surface area is 120 Å².